The standard InChI is InChI=1S/C13H10FN3O2S/c14-8-2-1-3-9(11(8)12(15)20)17-13(19)7-4-5-16-10(18)6-7/h1-6H,(H2,15,20)(H,16,18)(H,17,19). The third-order valence-corrected chi connectivity index (χ3v) is 2.75. The number of halogens is 1. The number of aromatic amines is 1. The first-order valence-electron chi connectivity index (χ1n) is 5.57. The molecule has 0 atom stereocenters. The fourth-order valence-electron chi connectivity index (χ4n) is 1.66. The molecule has 0 saturated carbocycles. The smallest absolute Gasteiger partial charge is 0.255 e. The van der Waals surface area contributed by atoms with Gasteiger partial charge in [0, 0.05) is 17.8 Å². The van der Waals surface area contributed by atoms with Crippen LogP contribution in [-0.2, 0) is 0 Å². The van der Waals surface area contributed by atoms with Crippen LogP contribution in [0, 0.1) is 5.82 Å². The van der Waals surface area contributed by atoms with Gasteiger partial charge in [0.15, 0.2) is 0 Å². The van der Waals surface area contributed by atoms with Gasteiger partial charge in [0.2, 0.25) is 5.56 Å². The van der Waals surface area contributed by atoms with E-state index in [1.165, 1.54) is 30.5 Å². The van der Waals surface area contributed by atoms with Gasteiger partial charge in [0.25, 0.3) is 5.91 Å². The van der Waals surface area contributed by atoms with Gasteiger partial charge in [-0.15, -0.1) is 0 Å². The van der Waals surface area contributed by atoms with Crippen LogP contribution in [0.25, 0.3) is 0 Å². The molecule has 2 rings (SSSR count). The minimum atomic E-state index is -0.624. The average molecular weight is 291 g/mol. The molecule has 2 aromatic rings. The summed E-state index contributed by atoms with van der Waals surface area (Å²) in [6.45, 7) is 0. The van der Waals surface area contributed by atoms with Crippen molar-refractivity contribution in [3.05, 3.63) is 63.8 Å². The second-order valence-corrected chi connectivity index (χ2v) is 4.36. The quantitative estimate of drug-likeness (QED) is 0.746. The number of H-pyrrole nitrogens is 1. The fraction of sp³-hybridized carbons (Fsp3) is 0. The Hall–Kier alpha value is -2.54. The van der Waals surface area contributed by atoms with Crippen molar-refractivity contribution < 1.29 is 9.18 Å². The zero-order chi connectivity index (χ0) is 14.7. The molecule has 0 bridgehead atoms. The molecular weight excluding hydrogens is 281 g/mol. The highest BCUT2D eigenvalue weighted by molar-refractivity contribution is 7.80. The molecule has 0 aliphatic carbocycles. The van der Waals surface area contributed by atoms with Gasteiger partial charge in [-0.3, -0.25) is 9.59 Å². The Kier molecular flexibility index (Phi) is 3.90. The summed E-state index contributed by atoms with van der Waals surface area (Å²) in [6, 6.07) is 6.65. The minimum absolute atomic E-state index is 0.0410. The molecule has 0 saturated heterocycles. The van der Waals surface area contributed by atoms with Crippen molar-refractivity contribution in [1.82, 2.24) is 4.98 Å². The van der Waals surface area contributed by atoms with Crippen LogP contribution in [0.15, 0.2) is 41.3 Å². The van der Waals surface area contributed by atoms with E-state index in [0.29, 0.717) is 0 Å². The third kappa shape index (κ3) is 2.89. The number of hydrogen-bond donors (Lipinski definition) is 3. The predicted octanol–water partition coefficient (Wildman–Crippen LogP) is 1.40. The van der Waals surface area contributed by atoms with Gasteiger partial charge >= 0.3 is 0 Å². The maximum Gasteiger partial charge on any atom is 0.255 e. The van der Waals surface area contributed by atoms with Gasteiger partial charge in [-0.1, -0.05) is 18.3 Å². The normalized spacial score (nSPS) is 10.1. The molecule has 0 spiro atoms. The highest BCUT2D eigenvalue weighted by atomic mass is 32.1. The molecule has 1 aromatic carbocycles. The van der Waals surface area contributed by atoms with E-state index in [2.05, 4.69) is 10.3 Å². The molecule has 0 radical (unpaired) electrons. The van der Waals surface area contributed by atoms with Gasteiger partial charge in [-0.2, -0.15) is 0 Å². The third-order valence-electron chi connectivity index (χ3n) is 2.55. The molecule has 7 heteroatoms. The number of anilines is 1. The van der Waals surface area contributed by atoms with Crippen LogP contribution in [0.5, 0.6) is 0 Å². The molecule has 0 fully saturated rings. The number of rotatable bonds is 3. The number of aromatic nitrogens is 1. The number of hydrogen-bond acceptors (Lipinski definition) is 3. The number of benzene rings is 1. The number of carbonyl (C=O) groups excluding carboxylic acids is 1. The lowest BCUT2D eigenvalue weighted by Gasteiger charge is -2.10. The van der Waals surface area contributed by atoms with Gasteiger partial charge in [-0.05, 0) is 18.2 Å². The molecule has 20 heavy (non-hydrogen) atoms. The summed E-state index contributed by atoms with van der Waals surface area (Å²) < 4.78 is 13.6. The number of amides is 1. The highest BCUT2D eigenvalue weighted by Gasteiger charge is 2.14. The van der Waals surface area contributed by atoms with E-state index < -0.39 is 17.3 Å². The van der Waals surface area contributed by atoms with Crippen LogP contribution in [0.1, 0.15) is 15.9 Å². The number of nitrogens with two attached hydrogens (primary N) is 1. The summed E-state index contributed by atoms with van der Waals surface area (Å²) in [5.74, 6) is -1.18. The van der Waals surface area contributed by atoms with Crippen LogP contribution in [-0.4, -0.2) is 15.9 Å². The van der Waals surface area contributed by atoms with E-state index in [9.17, 15) is 14.0 Å². The second kappa shape index (κ2) is 5.62. The predicted molar refractivity (Wildman–Crippen MR) is 77.3 cm³/mol. The van der Waals surface area contributed by atoms with Crippen molar-refractivity contribution in [2.45, 2.75) is 0 Å². The van der Waals surface area contributed by atoms with Crippen molar-refractivity contribution in [3.8, 4) is 0 Å². The van der Waals surface area contributed by atoms with E-state index >= 15 is 0 Å². The van der Waals surface area contributed by atoms with Gasteiger partial charge < -0.3 is 16.0 Å². The van der Waals surface area contributed by atoms with Crippen LogP contribution in [0.4, 0.5) is 10.1 Å². The lowest BCUT2D eigenvalue weighted by molar-refractivity contribution is 0.102. The lowest BCUT2D eigenvalue weighted by atomic mass is 10.1. The lowest BCUT2D eigenvalue weighted by Crippen LogP contribution is -2.20. The van der Waals surface area contributed by atoms with E-state index in [1.807, 2.05) is 0 Å². The monoisotopic (exact) mass is 291 g/mol. The number of thiocarbonyl (C=S) groups is 1. The largest absolute Gasteiger partial charge is 0.389 e. The summed E-state index contributed by atoms with van der Waals surface area (Å²) >= 11 is 4.76. The highest BCUT2D eigenvalue weighted by Crippen LogP contribution is 2.19. The summed E-state index contributed by atoms with van der Waals surface area (Å²) in [7, 11) is 0. The zero-order valence-electron chi connectivity index (χ0n) is 10.1. The molecule has 0 aliphatic rings. The van der Waals surface area contributed by atoms with Gasteiger partial charge in [0.1, 0.15) is 10.8 Å². The Morgan fingerprint density at radius 3 is 2.75 bits per heavy atom. The summed E-state index contributed by atoms with van der Waals surface area (Å²) in [6.07, 6.45) is 1.34. The zero-order valence-corrected chi connectivity index (χ0v) is 11.0. The van der Waals surface area contributed by atoms with Crippen LogP contribution < -0.4 is 16.6 Å². The summed E-state index contributed by atoms with van der Waals surface area (Å²) in [4.78, 5) is 25.4. The SMILES string of the molecule is NC(=S)c1c(F)cccc1NC(=O)c1cc[nH]c(=O)c1. The van der Waals surface area contributed by atoms with Gasteiger partial charge in [0.05, 0.1) is 11.3 Å². The van der Waals surface area contributed by atoms with Crippen molar-refractivity contribution in [2.75, 3.05) is 5.32 Å². The number of pyridine rings is 1. The summed E-state index contributed by atoms with van der Waals surface area (Å²) in [5, 5.41) is 2.48. The second-order valence-electron chi connectivity index (χ2n) is 3.92. The fourth-order valence-corrected chi connectivity index (χ4v) is 1.87. The summed E-state index contributed by atoms with van der Waals surface area (Å²) in [5.41, 5.74) is 5.29. The van der Waals surface area contributed by atoms with E-state index in [4.69, 9.17) is 18.0 Å². The molecule has 1 heterocycles. The van der Waals surface area contributed by atoms with Gasteiger partial charge in [-0.25, -0.2) is 4.39 Å². The van der Waals surface area contributed by atoms with Crippen LogP contribution >= 0.6 is 12.2 Å². The Balaban J connectivity index is 2.36. The maximum absolute atomic E-state index is 13.6. The Bertz CT molecular complexity index is 742. The van der Waals surface area contributed by atoms with E-state index in [1.54, 1.807) is 0 Å². The van der Waals surface area contributed by atoms with Crippen molar-refractivity contribution >= 4 is 28.8 Å². The van der Waals surface area contributed by atoms with Crippen LogP contribution in [0.3, 0.4) is 0 Å². The average Bonchev–Trinajstić information content (AvgIpc) is 2.38. The number of carbonyl (C=O) groups is 1. The van der Waals surface area contributed by atoms with E-state index in [0.717, 1.165) is 6.07 Å². The molecule has 1 aromatic heterocycles. The van der Waals surface area contributed by atoms with Crippen molar-refractivity contribution in [3.63, 3.8) is 0 Å². The maximum atomic E-state index is 13.6. The Morgan fingerprint density at radius 2 is 2.10 bits per heavy atom. The first kappa shape index (κ1) is 13.9. The molecule has 5 nitrogen and oxygen atoms in total. The molecule has 0 unspecified atom stereocenters. The molecular formula is C13H10FN3O2S. The Labute approximate surface area is 118 Å². The molecule has 0 aliphatic heterocycles. The topological polar surface area (TPSA) is 88.0 Å². The van der Waals surface area contributed by atoms with Crippen molar-refractivity contribution in [1.29, 1.82) is 0 Å². The Morgan fingerprint density at radius 1 is 1.35 bits per heavy atom. The molecule has 1 amide bonds. The van der Waals surface area contributed by atoms with E-state index in [-0.39, 0.29) is 21.8 Å². The number of nitrogens with one attached hydrogen (secondary N) is 2. The van der Waals surface area contributed by atoms with Crippen LogP contribution in [0.2, 0.25) is 0 Å². The first-order valence-corrected chi connectivity index (χ1v) is 5.98. The molecule has 4 N–H and O–H groups in total. The molecule has 102 valence electrons. The minimum Gasteiger partial charge on any atom is -0.389 e. The van der Waals surface area contributed by atoms with Crippen molar-refractivity contribution in [2.24, 2.45) is 5.73 Å². The first-order chi connectivity index (χ1) is 9.49.